The molecular weight excluding hydrogens is 316 g/mol. The molecule has 0 amide bonds. The Morgan fingerprint density at radius 2 is 1.62 bits per heavy atom. The molecule has 0 bridgehead atoms. The number of hydrogen-bond acceptors (Lipinski definition) is 6. The molecule has 0 saturated carbocycles. The van der Waals surface area contributed by atoms with Crippen LogP contribution in [0.3, 0.4) is 0 Å². The summed E-state index contributed by atoms with van der Waals surface area (Å²) in [4.78, 5) is 20.4. The van der Waals surface area contributed by atoms with Crippen LogP contribution in [0.1, 0.15) is 19.8 Å². The molecule has 0 N–H and O–H groups in total. The van der Waals surface area contributed by atoms with Crippen LogP contribution >= 0.6 is 0 Å². The zero-order chi connectivity index (χ0) is 17.5. The quantitative estimate of drug-likeness (QED) is 0.401. The summed E-state index contributed by atoms with van der Waals surface area (Å²) in [6, 6.07) is 9.87. The molecule has 126 valence electrons. The van der Waals surface area contributed by atoms with E-state index in [-0.39, 0.29) is 11.4 Å². The van der Waals surface area contributed by atoms with Crippen molar-refractivity contribution in [3.05, 3.63) is 62.7 Å². The molecule has 2 aromatic carbocycles. The van der Waals surface area contributed by atoms with Gasteiger partial charge in [0.05, 0.1) is 22.5 Å². The van der Waals surface area contributed by atoms with E-state index in [4.69, 9.17) is 9.47 Å². The van der Waals surface area contributed by atoms with E-state index in [1.807, 2.05) is 0 Å². The van der Waals surface area contributed by atoms with E-state index in [0.717, 1.165) is 25.0 Å². The number of nitro groups is 2. The zero-order valence-electron chi connectivity index (χ0n) is 13.0. The molecule has 2 rings (SSSR count). The van der Waals surface area contributed by atoms with E-state index in [9.17, 15) is 20.2 Å². The average Bonchev–Trinajstić information content (AvgIpc) is 2.56. The Hall–Kier alpha value is -3.16. The Balaban J connectivity index is 2.15. The third kappa shape index (κ3) is 4.42. The highest BCUT2D eigenvalue weighted by Crippen LogP contribution is 2.34. The number of rotatable bonds is 8. The lowest BCUT2D eigenvalue weighted by molar-refractivity contribution is -0.394. The standard InChI is InChI=1S/C16H16N2O6/c1-2-3-10-23-13-5-7-14(8-6-13)24-16-9-4-12(17(19)20)11-15(16)18(21)22/h4-9,11H,2-3,10H2,1H3. The number of non-ortho nitro benzene ring substituents is 1. The Kier molecular flexibility index (Phi) is 5.67. The Bertz CT molecular complexity index is 730. The minimum atomic E-state index is -0.718. The molecule has 24 heavy (non-hydrogen) atoms. The molecular formula is C16H16N2O6. The first-order valence-electron chi connectivity index (χ1n) is 7.35. The molecule has 0 radical (unpaired) electrons. The molecule has 0 aliphatic heterocycles. The van der Waals surface area contributed by atoms with Gasteiger partial charge in [0.25, 0.3) is 5.69 Å². The fourth-order valence-corrected chi connectivity index (χ4v) is 1.91. The van der Waals surface area contributed by atoms with Crippen LogP contribution in [0.5, 0.6) is 17.2 Å². The first-order valence-corrected chi connectivity index (χ1v) is 7.35. The van der Waals surface area contributed by atoms with Gasteiger partial charge in [-0.15, -0.1) is 0 Å². The number of nitrogens with zero attached hydrogens (tertiary/aromatic N) is 2. The number of nitro benzene ring substituents is 2. The SMILES string of the molecule is CCCCOc1ccc(Oc2ccc([N+](=O)[O-])cc2[N+](=O)[O-])cc1. The second-order valence-corrected chi connectivity index (χ2v) is 4.94. The smallest absolute Gasteiger partial charge is 0.318 e. The van der Waals surface area contributed by atoms with Gasteiger partial charge in [-0.05, 0) is 36.8 Å². The van der Waals surface area contributed by atoms with Gasteiger partial charge in [0.15, 0.2) is 0 Å². The Morgan fingerprint density at radius 3 is 2.21 bits per heavy atom. The second-order valence-electron chi connectivity index (χ2n) is 4.94. The van der Waals surface area contributed by atoms with Crippen LogP contribution < -0.4 is 9.47 Å². The summed E-state index contributed by atoms with van der Waals surface area (Å²) in [7, 11) is 0. The minimum Gasteiger partial charge on any atom is -0.494 e. The molecule has 0 atom stereocenters. The molecule has 0 aliphatic rings. The van der Waals surface area contributed by atoms with Crippen LogP contribution in [0.15, 0.2) is 42.5 Å². The van der Waals surface area contributed by atoms with E-state index >= 15 is 0 Å². The van der Waals surface area contributed by atoms with Crippen LogP contribution in [0.25, 0.3) is 0 Å². The van der Waals surface area contributed by atoms with Crippen molar-refractivity contribution in [1.82, 2.24) is 0 Å². The second kappa shape index (κ2) is 7.91. The van der Waals surface area contributed by atoms with Crippen molar-refractivity contribution in [2.75, 3.05) is 6.61 Å². The fourth-order valence-electron chi connectivity index (χ4n) is 1.91. The maximum Gasteiger partial charge on any atom is 0.318 e. The number of hydrogen-bond donors (Lipinski definition) is 0. The van der Waals surface area contributed by atoms with Gasteiger partial charge in [0.1, 0.15) is 11.5 Å². The van der Waals surface area contributed by atoms with Gasteiger partial charge < -0.3 is 9.47 Å². The molecule has 0 unspecified atom stereocenters. The zero-order valence-corrected chi connectivity index (χ0v) is 13.0. The summed E-state index contributed by atoms with van der Waals surface area (Å²) in [6.07, 6.45) is 1.98. The lowest BCUT2D eigenvalue weighted by atomic mass is 10.2. The highest BCUT2D eigenvalue weighted by atomic mass is 16.6. The van der Waals surface area contributed by atoms with Crippen molar-refractivity contribution < 1.29 is 19.3 Å². The predicted molar refractivity (Wildman–Crippen MR) is 86.7 cm³/mol. The van der Waals surface area contributed by atoms with E-state index in [1.54, 1.807) is 24.3 Å². The van der Waals surface area contributed by atoms with Crippen molar-refractivity contribution in [2.24, 2.45) is 0 Å². The van der Waals surface area contributed by atoms with Crippen LogP contribution in [0.2, 0.25) is 0 Å². The van der Waals surface area contributed by atoms with Gasteiger partial charge in [-0.1, -0.05) is 13.3 Å². The van der Waals surface area contributed by atoms with Crippen LogP contribution in [-0.2, 0) is 0 Å². The molecule has 8 nitrogen and oxygen atoms in total. The molecule has 0 saturated heterocycles. The molecule has 8 heteroatoms. The molecule has 0 aliphatic carbocycles. The third-order valence-corrected chi connectivity index (χ3v) is 3.17. The van der Waals surface area contributed by atoms with Gasteiger partial charge in [0, 0.05) is 6.07 Å². The van der Waals surface area contributed by atoms with Gasteiger partial charge >= 0.3 is 5.69 Å². The molecule has 0 aromatic heterocycles. The fraction of sp³-hybridized carbons (Fsp3) is 0.250. The van der Waals surface area contributed by atoms with Gasteiger partial charge in [-0.2, -0.15) is 0 Å². The lowest BCUT2D eigenvalue weighted by Crippen LogP contribution is -1.97. The molecule has 0 heterocycles. The highest BCUT2D eigenvalue weighted by Gasteiger charge is 2.21. The topological polar surface area (TPSA) is 105 Å². The number of benzene rings is 2. The van der Waals surface area contributed by atoms with E-state index in [0.29, 0.717) is 18.1 Å². The summed E-state index contributed by atoms with van der Waals surface area (Å²) < 4.78 is 11.0. The summed E-state index contributed by atoms with van der Waals surface area (Å²) in [6.45, 7) is 2.68. The number of unbranched alkanes of at least 4 members (excludes halogenated alkanes) is 1. The largest absolute Gasteiger partial charge is 0.494 e. The van der Waals surface area contributed by atoms with Crippen molar-refractivity contribution in [2.45, 2.75) is 19.8 Å². The third-order valence-electron chi connectivity index (χ3n) is 3.17. The van der Waals surface area contributed by atoms with Crippen LogP contribution in [0.4, 0.5) is 11.4 Å². The van der Waals surface area contributed by atoms with Gasteiger partial charge in [0.2, 0.25) is 5.75 Å². The molecule has 2 aromatic rings. The van der Waals surface area contributed by atoms with Crippen molar-refractivity contribution in [3.63, 3.8) is 0 Å². The molecule has 0 spiro atoms. The lowest BCUT2D eigenvalue weighted by Gasteiger charge is -2.08. The van der Waals surface area contributed by atoms with Crippen molar-refractivity contribution >= 4 is 11.4 Å². The first-order chi connectivity index (χ1) is 11.5. The van der Waals surface area contributed by atoms with Crippen molar-refractivity contribution in [3.8, 4) is 17.2 Å². The Labute approximate surface area is 137 Å². The molecule has 0 fully saturated rings. The summed E-state index contributed by atoms with van der Waals surface area (Å²) in [5.74, 6) is 0.981. The van der Waals surface area contributed by atoms with Gasteiger partial charge in [-0.3, -0.25) is 20.2 Å². The Morgan fingerprint density at radius 1 is 0.958 bits per heavy atom. The monoisotopic (exact) mass is 332 g/mol. The van der Waals surface area contributed by atoms with Gasteiger partial charge in [-0.25, -0.2) is 0 Å². The number of ether oxygens (including phenoxy) is 2. The summed E-state index contributed by atoms with van der Waals surface area (Å²) in [5, 5.41) is 21.8. The van der Waals surface area contributed by atoms with E-state index < -0.39 is 15.5 Å². The van der Waals surface area contributed by atoms with E-state index in [2.05, 4.69) is 6.92 Å². The summed E-state index contributed by atoms with van der Waals surface area (Å²) in [5.41, 5.74) is -0.832. The summed E-state index contributed by atoms with van der Waals surface area (Å²) >= 11 is 0. The predicted octanol–water partition coefficient (Wildman–Crippen LogP) is 4.47. The van der Waals surface area contributed by atoms with Crippen LogP contribution in [0, 0.1) is 20.2 Å². The first kappa shape index (κ1) is 17.2. The maximum absolute atomic E-state index is 11.1. The van der Waals surface area contributed by atoms with Crippen LogP contribution in [-0.4, -0.2) is 16.5 Å². The normalized spacial score (nSPS) is 10.2. The maximum atomic E-state index is 11.1. The van der Waals surface area contributed by atoms with Crippen molar-refractivity contribution in [1.29, 1.82) is 0 Å². The average molecular weight is 332 g/mol. The minimum absolute atomic E-state index is 0.0646. The van der Waals surface area contributed by atoms with E-state index in [1.165, 1.54) is 6.07 Å². The highest BCUT2D eigenvalue weighted by molar-refractivity contribution is 5.54.